The minimum absolute atomic E-state index is 0.0641. The maximum atomic E-state index is 10.8. The van der Waals surface area contributed by atoms with Gasteiger partial charge in [0, 0.05) is 51.0 Å². The molecule has 0 atom stereocenters. The van der Waals surface area contributed by atoms with Gasteiger partial charge in [0.05, 0.1) is 6.10 Å². The van der Waals surface area contributed by atoms with Crippen LogP contribution in [0.5, 0.6) is 5.75 Å². The third kappa shape index (κ3) is 5.03. The van der Waals surface area contributed by atoms with Crippen molar-refractivity contribution in [2.75, 3.05) is 32.1 Å². The molecule has 1 aliphatic heterocycles. The largest absolute Gasteiger partial charge is 0.491 e. The normalized spacial score (nSPS) is 16.2. The van der Waals surface area contributed by atoms with Crippen LogP contribution < -0.4 is 15.0 Å². The molecule has 6 nitrogen and oxygen atoms in total. The number of nitrogens with zero attached hydrogens (tertiary/aromatic N) is 2. The molecular formula is C18H29N3O3. The number of carbonyl (C=O) groups is 1. The minimum Gasteiger partial charge on any atom is -0.491 e. The summed E-state index contributed by atoms with van der Waals surface area (Å²) in [5.74, 6) is 0.932. The molecule has 6 heteroatoms. The van der Waals surface area contributed by atoms with Crippen LogP contribution in [-0.2, 0) is 6.54 Å². The van der Waals surface area contributed by atoms with E-state index in [4.69, 9.17) is 9.84 Å². The lowest BCUT2D eigenvalue weighted by Crippen LogP contribution is -2.44. The van der Waals surface area contributed by atoms with Crippen LogP contribution in [0.15, 0.2) is 18.2 Å². The van der Waals surface area contributed by atoms with Crippen LogP contribution in [0, 0.1) is 0 Å². The first kappa shape index (κ1) is 18.4. The van der Waals surface area contributed by atoms with Gasteiger partial charge < -0.3 is 20.1 Å². The minimum atomic E-state index is -0.931. The Kier molecular flexibility index (Phi) is 6.31. The average Bonchev–Trinajstić information content (AvgIpc) is 2.49. The molecular weight excluding hydrogens is 306 g/mol. The molecule has 1 fully saturated rings. The predicted octanol–water partition coefficient (Wildman–Crippen LogP) is 2.77. The van der Waals surface area contributed by atoms with Crippen molar-refractivity contribution in [3.05, 3.63) is 23.8 Å². The highest BCUT2D eigenvalue weighted by Gasteiger charge is 2.23. The fourth-order valence-corrected chi connectivity index (χ4v) is 3.13. The molecule has 1 aromatic rings. The zero-order valence-corrected chi connectivity index (χ0v) is 15.1. The molecule has 0 spiro atoms. The Balaban J connectivity index is 2.09. The third-order valence-corrected chi connectivity index (χ3v) is 4.25. The molecule has 24 heavy (non-hydrogen) atoms. The highest BCUT2D eigenvalue weighted by atomic mass is 16.5. The summed E-state index contributed by atoms with van der Waals surface area (Å²) in [4.78, 5) is 15.2. The van der Waals surface area contributed by atoms with Gasteiger partial charge in [0.1, 0.15) is 5.75 Å². The summed E-state index contributed by atoms with van der Waals surface area (Å²) in [7, 11) is 4.09. The summed E-state index contributed by atoms with van der Waals surface area (Å²) in [6.45, 7) is 6.65. The van der Waals surface area contributed by atoms with Crippen molar-refractivity contribution in [2.45, 2.75) is 45.4 Å². The van der Waals surface area contributed by atoms with E-state index >= 15 is 0 Å². The van der Waals surface area contributed by atoms with Crippen LogP contribution in [0.4, 0.5) is 10.5 Å². The van der Waals surface area contributed by atoms with Crippen molar-refractivity contribution < 1.29 is 14.6 Å². The number of amides is 1. The fourth-order valence-electron chi connectivity index (χ4n) is 3.13. The van der Waals surface area contributed by atoms with Crippen LogP contribution in [0.3, 0.4) is 0 Å². The first-order valence-electron chi connectivity index (χ1n) is 8.54. The van der Waals surface area contributed by atoms with Gasteiger partial charge in [-0.25, -0.2) is 4.79 Å². The van der Waals surface area contributed by atoms with Crippen LogP contribution in [0.2, 0.25) is 0 Å². The molecule has 0 aliphatic carbocycles. The number of benzene rings is 1. The summed E-state index contributed by atoms with van der Waals surface area (Å²) in [6.07, 6.45) is 0.888. The van der Waals surface area contributed by atoms with Gasteiger partial charge in [0.25, 0.3) is 0 Å². The highest BCUT2D eigenvalue weighted by Crippen LogP contribution is 2.31. The lowest BCUT2D eigenvalue weighted by Gasteiger charge is -2.33. The zero-order chi connectivity index (χ0) is 17.7. The van der Waals surface area contributed by atoms with Gasteiger partial charge in [-0.2, -0.15) is 0 Å². The smallest absolute Gasteiger partial charge is 0.404 e. The number of carboxylic acid groups (broad SMARTS) is 1. The van der Waals surface area contributed by atoms with E-state index in [1.807, 2.05) is 40.1 Å². The second-order valence-electron chi connectivity index (χ2n) is 6.81. The van der Waals surface area contributed by atoms with Crippen LogP contribution in [0.25, 0.3) is 0 Å². The summed E-state index contributed by atoms with van der Waals surface area (Å²) in [5, 5.41) is 11.4. The van der Waals surface area contributed by atoms with E-state index in [1.165, 1.54) is 11.3 Å². The summed E-state index contributed by atoms with van der Waals surface area (Å²) >= 11 is 0. The lowest BCUT2D eigenvalue weighted by molar-refractivity contribution is 0.163. The molecule has 0 radical (unpaired) electrons. The molecule has 134 valence electrons. The van der Waals surface area contributed by atoms with Crippen LogP contribution >= 0.6 is 0 Å². The number of likely N-dealkylation sites (tertiary alicyclic amines) is 1. The van der Waals surface area contributed by atoms with E-state index in [0.717, 1.165) is 38.2 Å². The molecule has 1 heterocycles. The van der Waals surface area contributed by atoms with Crippen molar-refractivity contribution in [3.63, 3.8) is 0 Å². The SMILES string of the molecule is CC(C)Oc1cccc(N(C)C)c1CN1CCC(NC(=O)O)CC1. The first-order chi connectivity index (χ1) is 11.4. The molecule has 1 aliphatic rings. The number of ether oxygens (including phenoxy) is 1. The lowest BCUT2D eigenvalue weighted by atomic mass is 10.0. The Hall–Kier alpha value is -1.95. The topological polar surface area (TPSA) is 65.0 Å². The Morgan fingerprint density at radius 3 is 2.58 bits per heavy atom. The monoisotopic (exact) mass is 335 g/mol. The molecule has 0 unspecified atom stereocenters. The van der Waals surface area contributed by atoms with Crippen LogP contribution in [0.1, 0.15) is 32.3 Å². The van der Waals surface area contributed by atoms with Gasteiger partial charge in [-0.05, 0) is 38.8 Å². The van der Waals surface area contributed by atoms with Gasteiger partial charge in [-0.3, -0.25) is 4.90 Å². The molecule has 0 bridgehead atoms. The maximum Gasteiger partial charge on any atom is 0.404 e. The van der Waals surface area contributed by atoms with Crippen molar-refractivity contribution in [2.24, 2.45) is 0 Å². The number of rotatable bonds is 6. The van der Waals surface area contributed by atoms with Crippen molar-refractivity contribution in [1.29, 1.82) is 0 Å². The second-order valence-corrected chi connectivity index (χ2v) is 6.81. The molecule has 1 saturated heterocycles. The predicted molar refractivity (Wildman–Crippen MR) is 96.0 cm³/mol. The number of piperidine rings is 1. The van der Waals surface area contributed by atoms with Gasteiger partial charge in [-0.15, -0.1) is 0 Å². The number of hydrogen-bond acceptors (Lipinski definition) is 4. The van der Waals surface area contributed by atoms with E-state index in [-0.39, 0.29) is 12.1 Å². The molecule has 1 aromatic carbocycles. The van der Waals surface area contributed by atoms with Crippen molar-refractivity contribution >= 4 is 11.8 Å². The van der Waals surface area contributed by atoms with Gasteiger partial charge >= 0.3 is 6.09 Å². The van der Waals surface area contributed by atoms with Gasteiger partial charge in [0.2, 0.25) is 0 Å². The second kappa shape index (κ2) is 8.24. The average molecular weight is 335 g/mol. The van der Waals surface area contributed by atoms with Gasteiger partial charge in [0.15, 0.2) is 0 Å². The number of anilines is 1. The summed E-state index contributed by atoms with van der Waals surface area (Å²) in [5.41, 5.74) is 2.36. The zero-order valence-electron chi connectivity index (χ0n) is 15.1. The molecule has 2 rings (SSSR count). The summed E-state index contributed by atoms with van der Waals surface area (Å²) < 4.78 is 6.01. The Morgan fingerprint density at radius 1 is 1.38 bits per heavy atom. The first-order valence-corrected chi connectivity index (χ1v) is 8.54. The van der Waals surface area contributed by atoms with Crippen molar-refractivity contribution in [1.82, 2.24) is 10.2 Å². The van der Waals surface area contributed by atoms with Gasteiger partial charge in [-0.1, -0.05) is 6.07 Å². The van der Waals surface area contributed by atoms with Crippen LogP contribution in [-0.4, -0.2) is 55.4 Å². The van der Waals surface area contributed by atoms with E-state index in [9.17, 15) is 4.79 Å². The highest BCUT2D eigenvalue weighted by molar-refractivity contribution is 5.64. The third-order valence-electron chi connectivity index (χ3n) is 4.25. The van der Waals surface area contributed by atoms with E-state index < -0.39 is 6.09 Å². The molecule has 0 saturated carbocycles. The van der Waals surface area contributed by atoms with Crippen molar-refractivity contribution in [3.8, 4) is 5.75 Å². The Labute approximate surface area is 144 Å². The molecule has 0 aromatic heterocycles. The quantitative estimate of drug-likeness (QED) is 0.837. The Bertz CT molecular complexity index is 552. The Morgan fingerprint density at radius 2 is 2.04 bits per heavy atom. The molecule has 2 N–H and O–H groups in total. The fraction of sp³-hybridized carbons (Fsp3) is 0.611. The number of nitrogens with one attached hydrogen (secondary N) is 1. The maximum absolute atomic E-state index is 10.8. The molecule has 1 amide bonds. The van der Waals surface area contributed by atoms with E-state index in [1.54, 1.807) is 0 Å². The standard InChI is InChI=1S/C18H29N3O3/c1-13(2)24-17-7-5-6-16(20(3)4)15(17)12-21-10-8-14(9-11-21)19-18(22)23/h5-7,13-14,19H,8-12H2,1-4H3,(H,22,23). The number of hydrogen-bond donors (Lipinski definition) is 2. The van der Waals surface area contributed by atoms with E-state index in [0.29, 0.717) is 0 Å². The summed E-state index contributed by atoms with van der Waals surface area (Å²) in [6, 6.07) is 6.23. The van der Waals surface area contributed by atoms with E-state index in [2.05, 4.69) is 21.2 Å².